The van der Waals surface area contributed by atoms with Crippen LogP contribution in [0.2, 0.25) is 0 Å². The van der Waals surface area contributed by atoms with E-state index in [-0.39, 0.29) is 12.5 Å². The first-order chi connectivity index (χ1) is 8.81. The molecule has 0 spiro atoms. The number of aliphatic hydroxyl groups is 1. The maximum Gasteiger partial charge on any atom is 0.254 e. The molecule has 1 fully saturated rings. The topological polar surface area (TPSA) is 49.8 Å². The fourth-order valence-electron chi connectivity index (χ4n) is 1.82. The Kier molecular flexibility index (Phi) is 4.35. The van der Waals surface area contributed by atoms with Gasteiger partial charge in [-0.25, -0.2) is 0 Å². The molecule has 0 unspecified atom stereocenters. The molecule has 1 aromatic rings. The summed E-state index contributed by atoms with van der Waals surface area (Å²) in [7, 11) is 0. The number of aliphatic hydroxyl groups excluding tert-OH is 1. The molecule has 4 heteroatoms. The van der Waals surface area contributed by atoms with Crippen LogP contribution in [-0.4, -0.2) is 48.8 Å². The molecule has 0 bridgehead atoms. The van der Waals surface area contributed by atoms with Crippen molar-refractivity contribution in [1.82, 2.24) is 4.90 Å². The van der Waals surface area contributed by atoms with Crippen molar-refractivity contribution >= 4 is 5.91 Å². The number of carbonyl (C=O) groups is 1. The summed E-state index contributed by atoms with van der Waals surface area (Å²) >= 11 is 0. The van der Waals surface area contributed by atoms with Crippen LogP contribution in [0.1, 0.15) is 15.9 Å². The Bertz CT molecular complexity index is 481. The van der Waals surface area contributed by atoms with Crippen molar-refractivity contribution in [2.24, 2.45) is 0 Å². The number of benzene rings is 1. The molecule has 0 aromatic heterocycles. The monoisotopic (exact) mass is 245 g/mol. The Labute approximate surface area is 106 Å². The number of rotatable bonds is 1. The first-order valence-electron chi connectivity index (χ1n) is 5.88. The van der Waals surface area contributed by atoms with Crippen molar-refractivity contribution in [3.63, 3.8) is 0 Å². The molecule has 1 aromatic carbocycles. The van der Waals surface area contributed by atoms with Crippen LogP contribution in [0.3, 0.4) is 0 Å². The van der Waals surface area contributed by atoms with Gasteiger partial charge in [-0.3, -0.25) is 4.79 Å². The summed E-state index contributed by atoms with van der Waals surface area (Å²) in [4.78, 5) is 14.0. The van der Waals surface area contributed by atoms with E-state index in [1.807, 2.05) is 6.07 Å². The van der Waals surface area contributed by atoms with Gasteiger partial charge in [0.2, 0.25) is 0 Å². The number of ether oxygens (including phenoxy) is 1. The molecule has 0 atom stereocenters. The summed E-state index contributed by atoms with van der Waals surface area (Å²) in [5.41, 5.74) is 1.37. The molecule has 1 amide bonds. The molecular weight excluding hydrogens is 230 g/mol. The molecule has 94 valence electrons. The second kappa shape index (κ2) is 6.20. The summed E-state index contributed by atoms with van der Waals surface area (Å²) in [5, 5.41) is 8.65. The zero-order chi connectivity index (χ0) is 12.8. The second-order valence-electron chi connectivity index (χ2n) is 3.95. The summed E-state index contributed by atoms with van der Waals surface area (Å²) in [6.07, 6.45) is 0. The van der Waals surface area contributed by atoms with Crippen molar-refractivity contribution in [1.29, 1.82) is 0 Å². The molecular formula is C14H15NO3. The molecule has 1 aliphatic rings. The van der Waals surface area contributed by atoms with Gasteiger partial charge in [-0.1, -0.05) is 17.9 Å². The summed E-state index contributed by atoms with van der Waals surface area (Å²) in [5.74, 6) is 5.37. The predicted molar refractivity (Wildman–Crippen MR) is 67.1 cm³/mol. The molecule has 1 heterocycles. The highest BCUT2D eigenvalue weighted by Crippen LogP contribution is 2.09. The van der Waals surface area contributed by atoms with E-state index in [4.69, 9.17) is 9.84 Å². The summed E-state index contributed by atoms with van der Waals surface area (Å²) in [6, 6.07) is 7.15. The molecule has 1 saturated heterocycles. The normalized spacial score (nSPS) is 14.8. The van der Waals surface area contributed by atoms with Gasteiger partial charge in [-0.15, -0.1) is 0 Å². The molecule has 0 radical (unpaired) electrons. The Hall–Kier alpha value is -1.83. The van der Waals surface area contributed by atoms with Gasteiger partial charge in [0.25, 0.3) is 5.91 Å². The number of nitrogens with zero attached hydrogens (tertiary/aromatic N) is 1. The van der Waals surface area contributed by atoms with Gasteiger partial charge >= 0.3 is 0 Å². The van der Waals surface area contributed by atoms with Crippen LogP contribution in [0.5, 0.6) is 0 Å². The van der Waals surface area contributed by atoms with Crippen molar-refractivity contribution < 1.29 is 14.6 Å². The van der Waals surface area contributed by atoms with Crippen LogP contribution in [0.15, 0.2) is 24.3 Å². The van der Waals surface area contributed by atoms with Crippen molar-refractivity contribution in [3.05, 3.63) is 35.4 Å². The standard InChI is InChI=1S/C14H15NO3/c16-8-2-4-12-3-1-5-13(11-12)14(17)15-6-9-18-10-7-15/h1,3,5,11,16H,6-10H2. The Morgan fingerprint density at radius 1 is 1.39 bits per heavy atom. The largest absolute Gasteiger partial charge is 0.384 e. The van der Waals surface area contributed by atoms with Gasteiger partial charge in [0.15, 0.2) is 0 Å². The minimum Gasteiger partial charge on any atom is -0.384 e. The molecule has 0 aliphatic carbocycles. The van der Waals surface area contributed by atoms with Crippen molar-refractivity contribution in [2.75, 3.05) is 32.9 Å². The van der Waals surface area contributed by atoms with Gasteiger partial charge < -0.3 is 14.7 Å². The van der Waals surface area contributed by atoms with Gasteiger partial charge in [0, 0.05) is 24.2 Å². The zero-order valence-corrected chi connectivity index (χ0v) is 10.1. The van der Waals surface area contributed by atoms with E-state index >= 15 is 0 Å². The highest BCUT2D eigenvalue weighted by molar-refractivity contribution is 5.94. The third-order valence-corrected chi connectivity index (χ3v) is 2.72. The third-order valence-electron chi connectivity index (χ3n) is 2.72. The zero-order valence-electron chi connectivity index (χ0n) is 10.1. The Balaban J connectivity index is 2.14. The van der Waals surface area contributed by atoms with Crippen LogP contribution in [0, 0.1) is 11.8 Å². The highest BCUT2D eigenvalue weighted by Gasteiger charge is 2.18. The lowest BCUT2D eigenvalue weighted by atomic mass is 10.1. The average Bonchev–Trinajstić information content (AvgIpc) is 2.45. The highest BCUT2D eigenvalue weighted by atomic mass is 16.5. The van der Waals surface area contributed by atoms with Gasteiger partial charge in [-0.2, -0.15) is 0 Å². The van der Waals surface area contributed by atoms with Crippen LogP contribution < -0.4 is 0 Å². The van der Waals surface area contributed by atoms with Crippen LogP contribution in [0.4, 0.5) is 0 Å². The minimum atomic E-state index is -0.179. The molecule has 18 heavy (non-hydrogen) atoms. The summed E-state index contributed by atoms with van der Waals surface area (Å²) < 4.78 is 5.22. The minimum absolute atomic E-state index is 0.00551. The maximum absolute atomic E-state index is 12.2. The summed E-state index contributed by atoms with van der Waals surface area (Å²) in [6.45, 7) is 2.27. The predicted octanol–water partition coefficient (Wildman–Crippen LogP) is 0.503. The molecule has 1 N–H and O–H groups in total. The molecule has 0 saturated carbocycles. The quantitative estimate of drug-likeness (QED) is 0.733. The lowest BCUT2D eigenvalue weighted by Crippen LogP contribution is -2.40. The van der Waals surface area contributed by atoms with Crippen LogP contribution >= 0.6 is 0 Å². The SMILES string of the molecule is O=C(c1cccc(C#CCO)c1)N1CCOCC1. The van der Waals surface area contributed by atoms with Gasteiger partial charge in [0.1, 0.15) is 6.61 Å². The van der Waals surface area contributed by atoms with Gasteiger partial charge in [0.05, 0.1) is 13.2 Å². The van der Waals surface area contributed by atoms with E-state index in [2.05, 4.69) is 11.8 Å². The van der Waals surface area contributed by atoms with Crippen LogP contribution in [-0.2, 0) is 4.74 Å². The van der Waals surface area contributed by atoms with E-state index in [1.54, 1.807) is 23.1 Å². The van der Waals surface area contributed by atoms with Crippen LogP contribution in [0.25, 0.3) is 0 Å². The first kappa shape index (κ1) is 12.6. The lowest BCUT2D eigenvalue weighted by molar-refractivity contribution is 0.0303. The third kappa shape index (κ3) is 3.10. The number of amides is 1. The first-order valence-corrected chi connectivity index (χ1v) is 5.88. The number of hydrogen-bond donors (Lipinski definition) is 1. The van der Waals surface area contributed by atoms with E-state index in [0.717, 1.165) is 5.56 Å². The Morgan fingerprint density at radius 2 is 2.17 bits per heavy atom. The van der Waals surface area contributed by atoms with E-state index < -0.39 is 0 Å². The number of carbonyl (C=O) groups excluding carboxylic acids is 1. The fraction of sp³-hybridized carbons (Fsp3) is 0.357. The number of morpholine rings is 1. The fourth-order valence-corrected chi connectivity index (χ4v) is 1.82. The van der Waals surface area contributed by atoms with E-state index in [9.17, 15) is 4.79 Å². The maximum atomic E-state index is 12.2. The van der Waals surface area contributed by atoms with Crippen molar-refractivity contribution in [3.8, 4) is 11.8 Å². The van der Waals surface area contributed by atoms with Gasteiger partial charge in [-0.05, 0) is 18.2 Å². The lowest BCUT2D eigenvalue weighted by Gasteiger charge is -2.26. The van der Waals surface area contributed by atoms with Crippen molar-refractivity contribution in [2.45, 2.75) is 0 Å². The van der Waals surface area contributed by atoms with E-state index in [0.29, 0.717) is 31.9 Å². The average molecular weight is 245 g/mol. The second-order valence-corrected chi connectivity index (χ2v) is 3.95. The smallest absolute Gasteiger partial charge is 0.254 e. The van der Waals surface area contributed by atoms with E-state index in [1.165, 1.54) is 0 Å². The molecule has 2 rings (SSSR count). The molecule has 1 aliphatic heterocycles. The molecule has 4 nitrogen and oxygen atoms in total. The Morgan fingerprint density at radius 3 is 2.89 bits per heavy atom. The number of hydrogen-bond acceptors (Lipinski definition) is 3.